The molecular weight excluding hydrogens is 228 g/mol. The number of nitrogens with zero attached hydrogens (tertiary/aromatic N) is 3. The molecule has 1 aromatic rings. The molecular formula is C10H19ClN4O. The highest BCUT2D eigenvalue weighted by atomic mass is 35.5. The van der Waals surface area contributed by atoms with Crippen LogP contribution in [0.3, 0.4) is 0 Å². The van der Waals surface area contributed by atoms with E-state index in [1.54, 1.807) is 0 Å². The average molecular weight is 247 g/mol. The number of hydrogen-bond acceptors (Lipinski definition) is 5. The van der Waals surface area contributed by atoms with Gasteiger partial charge in [-0.15, -0.1) is 12.4 Å². The molecule has 1 atom stereocenters. The molecule has 0 aromatic carbocycles. The Morgan fingerprint density at radius 2 is 2.38 bits per heavy atom. The van der Waals surface area contributed by atoms with Gasteiger partial charge >= 0.3 is 0 Å². The second kappa shape index (κ2) is 6.18. The molecule has 1 aromatic heterocycles. The first kappa shape index (κ1) is 13.4. The summed E-state index contributed by atoms with van der Waals surface area (Å²) in [6, 6.07) is 0.544. The van der Waals surface area contributed by atoms with E-state index in [2.05, 4.69) is 27.3 Å². The molecule has 0 amide bonds. The first-order valence-electron chi connectivity index (χ1n) is 5.56. The molecule has 1 N–H and O–H groups in total. The predicted octanol–water partition coefficient (Wildman–Crippen LogP) is 0.847. The normalized spacial score (nSPS) is 21.8. The first-order valence-corrected chi connectivity index (χ1v) is 5.56. The van der Waals surface area contributed by atoms with Crippen LogP contribution in [0.1, 0.15) is 25.6 Å². The number of aryl methyl sites for hydroxylation is 1. The highest BCUT2D eigenvalue weighted by Gasteiger charge is 2.19. The third kappa shape index (κ3) is 3.17. The topological polar surface area (TPSA) is 54.2 Å². The lowest BCUT2D eigenvalue weighted by atomic mass is 10.2. The van der Waals surface area contributed by atoms with E-state index in [0.29, 0.717) is 6.04 Å². The Morgan fingerprint density at radius 1 is 1.56 bits per heavy atom. The van der Waals surface area contributed by atoms with Gasteiger partial charge in [0.2, 0.25) is 5.89 Å². The molecule has 2 rings (SSSR count). The van der Waals surface area contributed by atoms with Gasteiger partial charge in [0.1, 0.15) is 0 Å². The Morgan fingerprint density at radius 3 is 3.00 bits per heavy atom. The molecule has 1 aliphatic rings. The van der Waals surface area contributed by atoms with Gasteiger partial charge in [-0.05, 0) is 6.92 Å². The number of aromatic nitrogens is 2. The van der Waals surface area contributed by atoms with Crippen LogP contribution in [0.2, 0.25) is 0 Å². The third-order valence-electron chi connectivity index (χ3n) is 2.80. The maximum Gasteiger partial charge on any atom is 0.226 e. The Balaban J connectivity index is 0.00000128. The second-order valence-electron chi connectivity index (χ2n) is 3.98. The van der Waals surface area contributed by atoms with Gasteiger partial charge in [-0.25, -0.2) is 0 Å². The molecule has 0 aliphatic carbocycles. The summed E-state index contributed by atoms with van der Waals surface area (Å²) >= 11 is 0. The van der Waals surface area contributed by atoms with Crippen LogP contribution >= 0.6 is 12.4 Å². The molecule has 0 saturated carbocycles. The van der Waals surface area contributed by atoms with Crippen molar-refractivity contribution in [2.75, 3.05) is 19.6 Å². The summed E-state index contributed by atoms with van der Waals surface area (Å²) in [5, 5.41) is 7.33. The number of rotatable bonds is 3. The summed E-state index contributed by atoms with van der Waals surface area (Å²) in [5.41, 5.74) is 0. The van der Waals surface area contributed by atoms with Crippen LogP contribution in [0, 0.1) is 0 Å². The summed E-state index contributed by atoms with van der Waals surface area (Å²) in [6.45, 7) is 8.17. The van der Waals surface area contributed by atoms with Crippen LogP contribution in [0.4, 0.5) is 0 Å². The minimum absolute atomic E-state index is 0. The van der Waals surface area contributed by atoms with Crippen LogP contribution in [-0.4, -0.2) is 40.7 Å². The summed E-state index contributed by atoms with van der Waals surface area (Å²) in [7, 11) is 0. The van der Waals surface area contributed by atoms with Crippen LogP contribution in [0.25, 0.3) is 0 Å². The molecule has 1 fully saturated rings. The Hall–Kier alpha value is -0.650. The van der Waals surface area contributed by atoms with Gasteiger partial charge in [0, 0.05) is 32.1 Å². The Kier molecular flexibility index (Phi) is 5.18. The molecule has 6 heteroatoms. The van der Waals surface area contributed by atoms with E-state index in [0.717, 1.165) is 44.3 Å². The lowest BCUT2D eigenvalue weighted by Gasteiger charge is -2.32. The van der Waals surface area contributed by atoms with E-state index in [1.165, 1.54) is 0 Å². The molecule has 0 radical (unpaired) electrons. The fourth-order valence-electron chi connectivity index (χ4n) is 1.80. The quantitative estimate of drug-likeness (QED) is 0.857. The van der Waals surface area contributed by atoms with Crippen LogP contribution < -0.4 is 5.32 Å². The molecule has 16 heavy (non-hydrogen) atoms. The molecule has 92 valence electrons. The molecule has 1 unspecified atom stereocenters. The van der Waals surface area contributed by atoms with Gasteiger partial charge in [-0.2, -0.15) is 4.98 Å². The zero-order valence-electron chi connectivity index (χ0n) is 9.77. The average Bonchev–Trinajstić information content (AvgIpc) is 2.69. The highest BCUT2D eigenvalue weighted by molar-refractivity contribution is 5.85. The summed E-state index contributed by atoms with van der Waals surface area (Å²) < 4.78 is 5.09. The largest absolute Gasteiger partial charge is 0.339 e. The number of hydrogen-bond donors (Lipinski definition) is 1. The molecule has 5 nitrogen and oxygen atoms in total. The standard InChI is InChI=1S/C10H18N4O.ClH/c1-3-10-12-9(13-15-10)7-14-5-4-11-6-8(14)2;/h8,11H,3-7H2,1-2H3;1H. The summed E-state index contributed by atoms with van der Waals surface area (Å²) in [4.78, 5) is 6.69. The van der Waals surface area contributed by atoms with Crippen molar-refractivity contribution < 1.29 is 4.52 Å². The minimum atomic E-state index is 0. The van der Waals surface area contributed by atoms with Crippen molar-refractivity contribution in [2.24, 2.45) is 0 Å². The number of nitrogens with one attached hydrogen (secondary N) is 1. The monoisotopic (exact) mass is 246 g/mol. The van der Waals surface area contributed by atoms with Crippen molar-refractivity contribution in [3.63, 3.8) is 0 Å². The van der Waals surface area contributed by atoms with Crippen molar-refractivity contribution in [1.82, 2.24) is 20.4 Å². The number of halogens is 1. The predicted molar refractivity (Wildman–Crippen MR) is 63.7 cm³/mol. The van der Waals surface area contributed by atoms with Crippen molar-refractivity contribution in [3.05, 3.63) is 11.7 Å². The van der Waals surface area contributed by atoms with Gasteiger partial charge in [0.15, 0.2) is 5.82 Å². The van der Waals surface area contributed by atoms with Crippen LogP contribution in [-0.2, 0) is 13.0 Å². The van der Waals surface area contributed by atoms with E-state index in [9.17, 15) is 0 Å². The zero-order chi connectivity index (χ0) is 10.7. The van der Waals surface area contributed by atoms with Crippen LogP contribution in [0.5, 0.6) is 0 Å². The van der Waals surface area contributed by atoms with Gasteiger partial charge in [-0.3, -0.25) is 4.90 Å². The van der Waals surface area contributed by atoms with E-state index < -0.39 is 0 Å². The molecule has 0 bridgehead atoms. The second-order valence-corrected chi connectivity index (χ2v) is 3.98. The van der Waals surface area contributed by atoms with Crippen LogP contribution in [0.15, 0.2) is 4.52 Å². The highest BCUT2D eigenvalue weighted by Crippen LogP contribution is 2.07. The first-order chi connectivity index (χ1) is 7.29. The molecule has 2 heterocycles. The van der Waals surface area contributed by atoms with Gasteiger partial charge in [-0.1, -0.05) is 12.1 Å². The number of piperazine rings is 1. The third-order valence-corrected chi connectivity index (χ3v) is 2.80. The summed E-state index contributed by atoms with van der Waals surface area (Å²) in [5.74, 6) is 1.54. The smallest absolute Gasteiger partial charge is 0.226 e. The van der Waals surface area contributed by atoms with Crippen molar-refractivity contribution in [2.45, 2.75) is 32.9 Å². The van der Waals surface area contributed by atoms with E-state index in [-0.39, 0.29) is 12.4 Å². The minimum Gasteiger partial charge on any atom is -0.339 e. The molecule has 1 aliphatic heterocycles. The van der Waals surface area contributed by atoms with Gasteiger partial charge in [0.05, 0.1) is 6.54 Å². The van der Waals surface area contributed by atoms with Crippen molar-refractivity contribution >= 4 is 12.4 Å². The van der Waals surface area contributed by atoms with Gasteiger partial charge in [0.25, 0.3) is 0 Å². The van der Waals surface area contributed by atoms with E-state index in [4.69, 9.17) is 4.52 Å². The van der Waals surface area contributed by atoms with Gasteiger partial charge < -0.3 is 9.84 Å². The van der Waals surface area contributed by atoms with Crippen molar-refractivity contribution in [1.29, 1.82) is 0 Å². The maximum atomic E-state index is 5.09. The van der Waals surface area contributed by atoms with Crippen molar-refractivity contribution in [3.8, 4) is 0 Å². The Labute approximate surface area is 102 Å². The maximum absolute atomic E-state index is 5.09. The van der Waals surface area contributed by atoms with E-state index in [1.807, 2.05) is 6.92 Å². The molecule has 1 saturated heterocycles. The lowest BCUT2D eigenvalue weighted by Crippen LogP contribution is -2.49. The SMILES string of the molecule is CCc1nc(CN2CCNCC2C)no1.Cl. The lowest BCUT2D eigenvalue weighted by molar-refractivity contribution is 0.160. The molecule has 0 spiro atoms. The zero-order valence-corrected chi connectivity index (χ0v) is 10.6. The fraction of sp³-hybridized carbons (Fsp3) is 0.800. The Bertz CT molecular complexity index is 318. The summed E-state index contributed by atoms with van der Waals surface area (Å²) in [6.07, 6.45) is 0.810. The van der Waals surface area contributed by atoms with E-state index >= 15 is 0 Å². The fourth-order valence-corrected chi connectivity index (χ4v) is 1.80.